The van der Waals surface area contributed by atoms with Gasteiger partial charge in [-0.25, -0.2) is 0 Å². The van der Waals surface area contributed by atoms with Crippen LogP contribution in [0.15, 0.2) is 41.2 Å². The van der Waals surface area contributed by atoms with Gasteiger partial charge in [0.15, 0.2) is 11.3 Å². The van der Waals surface area contributed by atoms with E-state index in [4.69, 9.17) is 14.4 Å². The average Bonchev–Trinajstić information content (AvgIpc) is 3.39. The maximum atomic E-state index is 5.59. The van der Waals surface area contributed by atoms with E-state index in [0.29, 0.717) is 28.7 Å². The lowest BCUT2D eigenvalue weighted by molar-refractivity contribution is 0.399. The summed E-state index contributed by atoms with van der Waals surface area (Å²) < 4.78 is 14.2. The van der Waals surface area contributed by atoms with Crippen LogP contribution in [-0.2, 0) is 7.05 Å². The van der Waals surface area contributed by atoms with E-state index in [1.165, 1.54) is 0 Å². The number of fused-ring (bicyclic) bond motifs is 3. The molecule has 0 amide bonds. The third-order valence-corrected chi connectivity index (χ3v) is 4.40. The predicted molar refractivity (Wildman–Crippen MR) is 97.3 cm³/mol. The van der Waals surface area contributed by atoms with Crippen molar-refractivity contribution < 1.29 is 9.26 Å². The van der Waals surface area contributed by atoms with Crippen molar-refractivity contribution in [3.8, 4) is 28.5 Å². The van der Waals surface area contributed by atoms with Gasteiger partial charge in [0.05, 0.1) is 18.7 Å². The lowest BCUT2D eigenvalue weighted by atomic mass is 10.1. The molecule has 0 fully saturated rings. The number of nitrogens with zero attached hydrogens (tertiary/aromatic N) is 7. The molecule has 0 saturated heterocycles. The molecule has 134 valence electrons. The summed E-state index contributed by atoms with van der Waals surface area (Å²) in [4.78, 5) is 0. The van der Waals surface area contributed by atoms with E-state index in [2.05, 4.69) is 20.5 Å². The van der Waals surface area contributed by atoms with Gasteiger partial charge in [-0.15, -0.1) is 10.2 Å². The van der Waals surface area contributed by atoms with Crippen LogP contribution in [0.1, 0.15) is 5.76 Å². The molecule has 9 heteroatoms. The van der Waals surface area contributed by atoms with Gasteiger partial charge in [0.2, 0.25) is 5.82 Å². The summed E-state index contributed by atoms with van der Waals surface area (Å²) >= 11 is 0. The summed E-state index contributed by atoms with van der Waals surface area (Å²) in [6.07, 6.45) is 3.68. The van der Waals surface area contributed by atoms with E-state index < -0.39 is 0 Å². The molecule has 0 aliphatic heterocycles. The normalized spacial score (nSPS) is 11.5. The minimum Gasteiger partial charge on any atom is -0.496 e. The van der Waals surface area contributed by atoms with Gasteiger partial charge in [0, 0.05) is 30.3 Å². The topological polar surface area (TPSA) is 96.2 Å². The first kappa shape index (κ1) is 15.5. The van der Waals surface area contributed by atoms with Gasteiger partial charge >= 0.3 is 0 Å². The van der Waals surface area contributed by atoms with Crippen molar-refractivity contribution in [3.63, 3.8) is 0 Å². The highest BCUT2D eigenvalue weighted by Gasteiger charge is 2.21. The molecular weight excluding hydrogens is 346 g/mol. The second-order valence-corrected chi connectivity index (χ2v) is 6.22. The highest BCUT2D eigenvalue weighted by Crippen LogP contribution is 2.36. The van der Waals surface area contributed by atoms with Gasteiger partial charge in [0.1, 0.15) is 17.2 Å². The number of rotatable bonds is 3. The molecule has 0 bridgehead atoms. The van der Waals surface area contributed by atoms with Crippen molar-refractivity contribution in [2.75, 3.05) is 7.11 Å². The minimum absolute atomic E-state index is 0.511. The molecule has 4 heterocycles. The van der Waals surface area contributed by atoms with E-state index in [9.17, 15) is 0 Å². The van der Waals surface area contributed by atoms with Gasteiger partial charge in [-0.05, 0) is 13.0 Å². The highest BCUT2D eigenvalue weighted by atomic mass is 16.5. The van der Waals surface area contributed by atoms with Crippen molar-refractivity contribution in [3.05, 3.63) is 42.4 Å². The van der Waals surface area contributed by atoms with Crippen molar-refractivity contribution >= 4 is 16.4 Å². The molecular formula is C18H15N7O2. The first-order valence-corrected chi connectivity index (χ1v) is 8.30. The van der Waals surface area contributed by atoms with Crippen LogP contribution < -0.4 is 4.74 Å². The Morgan fingerprint density at radius 3 is 2.78 bits per heavy atom. The Kier molecular flexibility index (Phi) is 3.23. The highest BCUT2D eigenvalue weighted by molar-refractivity contribution is 6.05. The van der Waals surface area contributed by atoms with Gasteiger partial charge in [0.25, 0.3) is 0 Å². The number of aromatic nitrogens is 7. The summed E-state index contributed by atoms with van der Waals surface area (Å²) in [5.41, 5.74) is 2.79. The molecule has 0 radical (unpaired) electrons. The third kappa shape index (κ3) is 2.28. The van der Waals surface area contributed by atoms with Crippen LogP contribution in [0.4, 0.5) is 0 Å². The summed E-state index contributed by atoms with van der Waals surface area (Å²) in [5.74, 6) is 1.91. The standard InChI is InChI=1S/C18H15N7O2/c1-10-7-13(23-27-10)18-21-20-17-12-5-4-6-14(26-3)15(12)16(22-25(17)18)11-8-19-24(2)9-11/h4-9H,1-3H3. The molecule has 0 spiro atoms. The maximum absolute atomic E-state index is 5.59. The molecule has 4 aromatic heterocycles. The van der Waals surface area contributed by atoms with Crippen LogP contribution in [0.25, 0.3) is 39.2 Å². The van der Waals surface area contributed by atoms with Crippen molar-refractivity contribution in [1.29, 1.82) is 0 Å². The number of hydrogen-bond acceptors (Lipinski definition) is 7. The largest absolute Gasteiger partial charge is 0.496 e. The third-order valence-electron chi connectivity index (χ3n) is 4.40. The molecule has 5 aromatic rings. The quantitative estimate of drug-likeness (QED) is 0.487. The minimum atomic E-state index is 0.511. The van der Waals surface area contributed by atoms with Gasteiger partial charge in [-0.3, -0.25) is 4.68 Å². The fourth-order valence-electron chi connectivity index (χ4n) is 3.20. The van der Waals surface area contributed by atoms with Crippen LogP contribution in [-0.4, -0.2) is 41.9 Å². The first-order valence-electron chi connectivity index (χ1n) is 8.30. The Labute approximate surface area is 153 Å². The SMILES string of the molecule is COc1cccc2c1c(-c1cnn(C)c1)nn1c(-c3cc(C)on3)nnc21. The molecule has 0 saturated carbocycles. The molecule has 5 rings (SSSR count). The summed E-state index contributed by atoms with van der Waals surface area (Å²) in [5, 5.41) is 23.5. The average molecular weight is 361 g/mol. The summed E-state index contributed by atoms with van der Waals surface area (Å²) in [7, 11) is 3.50. The number of methoxy groups -OCH3 is 1. The lowest BCUT2D eigenvalue weighted by Crippen LogP contribution is -2.00. The van der Waals surface area contributed by atoms with Crippen molar-refractivity contribution in [1.82, 2.24) is 34.7 Å². The van der Waals surface area contributed by atoms with E-state index in [1.54, 1.807) is 28.6 Å². The molecule has 0 aliphatic carbocycles. The van der Waals surface area contributed by atoms with Crippen LogP contribution in [0, 0.1) is 6.92 Å². The number of aryl methyl sites for hydroxylation is 2. The number of benzene rings is 1. The van der Waals surface area contributed by atoms with Crippen LogP contribution in [0.5, 0.6) is 5.75 Å². The fourth-order valence-corrected chi connectivity index (χ4v) is 3.20. The predicted octanol–water partition coefficient (Wildman–Crippen LogP) is 2.65. The molecule has 0 atom stereocenters. The molecule has 0 unspecified atom stereocenters. The fraction of sp³-hybridized carbons (Fsp3) is 0.167. The zero-order valence-electron chi connectivity index (χ0n) is 14.9. The van der Waals surface area contributed by atoms with Gasteiger partial charge < -0.3 is 9.26 Å². The molecule has 1 aromatic carbocycles. The van der Waals surface area contributed by atoms with E-state index in [-0.39, 0.29) is 0 Å². The molecule has 27 heavy (non-hydrogen) atoms. The smallest absolute Gasteiger partial charge is 0.207 e. The number of hydrogen-bond donors (Lipinski definition) is 0. The van der Waals surface area contributed by atoms with Crippen molar-refractivity contribution in [2.45, 2.75) is 6.92 Å². The molecule has 0 aliphatic rings. The van der Waals surface area contributed by atoms with Crippen LogP contribution in [0.3, 0.4) is 0 Å². The summed E-state index contributed by atoms with van der Waals surface area (Å²) in [6, 6.07) is 7.60. The molecule has 0 N–H and O–H groups in total. The van der Waals surface area contributed by atoms with Gasteiger partial charge in [-0.2, -0.15) is 14.7 Å². The second-order valence-electron chi connectivity index (χ2n) is 6.22. The Bertz CT molecular complexity index is 1300. The monoisotopic (exact) mass is 361 g/mol. The maximum Gasteiger partial charge on any atom is 0.207 e. The lowest BCUT2D eigenvalue weighted by Gasteiger charge is -2.10. The zero-order valence-corrected chi connectivity index (χ0v) is 14.9. The van der Waals surface area contributed by atoms with Gasteiger partial charge in [-0.1, -0.05) is 17.3 Å². The Hall–Kier alpha value is -3.75. The Morgan fingerprint density at radius 2 is 2.07 bits per heavy atom. The number of ether oxygens (including phenoxy) is 1. The summed E-state index contributed by atoms with van der Waals surface area (Å²) in [6.45, 7) is 1.83. The zero-order chi connectivity index (χ0) is 18.5. The van der Waals surface area contributed by atoms with E-state index >= 15 is 0 Å². The van der Waals surface area contributed by atoms with E-state index in [0.717, 1.165) is 22.0 Å². The Morgan fingerprint density at radius 1 is 1.19 bits per heavy atom. The van der Waals surface area contributed by atoms with Crippen LogP contribution >= 0.6 is 0 Å². The van der Waals surface area contributed by atoms with E-state index in [1.807, 2.05) is 38.4 Å². The molecule has 9 nitrogen and oxygen atoms in total. The second kappa shape index (κ2) is 5.63. The van der Waals surface area contributed by atoms with Crippen LogP contribution in [0.2, 0.25) is 0 Å². The first-order chi connectivity index (χ1) is 13.2. The Balaban J connectivity index is 1.92. The van der Waals surface area contributed by atoms with Crippen molar-refractivity contribution in [2.24, 2.45) is 7.05 Å².